The van der Waals surface area contributed by atoms with Crippen LogP contribution in [0, 0.1) is 23.1 Å². The number of sulfonamides is 1. The van der Waals surface area contributed by atoms with E-state index in [1.807, 2.05) is 0 Å². The molecule has 0 unspecified atom stereocenters. The van der Waals surface area contributed by atoms with E-state index in [0.717, 1.165) is 0 Å². The molecule has 0 amide bonds. The van der Waals surface area contributed by atoms with Gasteiger partial charge in [-0.1, -0.05) is 32.6 Å². The van der Waals surface area contributed by atoms with Crippen LogP contribution in [0.4, 0.5) is 10.1 Å². The van der Waals surface area contributed by atoms with Crippen LogP contribution in [0.25, 0.3) is 0 Å². The number of hydrogen-bond acceptors (Lipinski definition) is 3. The summed E-state index contributed by atoms with van der Waals surface area (Å²) in [6.45, 7) is 5.58. The van der Waals surface area contributed by atoms with Crippen molar-refractivity contribution in [3.63, 3.8) is 0 Å². The minimum absolute atomic E-state index is 0.0763. The van der Waals surface area contributed by atoms with Crippen LogP contribution in [0.15, 0.2) is 18.2 Å². The first-order chi connectivity index (χ1) is 9.13. The molecule has 110 valence electrons. The molecule has 4 nitrogen and oxygen atoms in total. The van der Waals surface area contributed by atoms with Crippen LogP contribution in [-0.2, 0) is 10.0 Å². The molecular weight excluding hydrogens is 279 g/mol. The molecule has 6 heteroatoms. The van der Waals surface area contributed by atoms with E-state index < -0.39 is 21.3 Å². The first-order valence-corrected chi connectivity index (χ1v) is 7.77. The normalized spacial score (nSPS) is 11.7. The Labute approximate surface area is 119 Å². The molecule has 0 saturated carbocycles. The smallest absolute Gasteiger partial charge is 0.233 e. The summed E-state index contributed by atoms with van der Waals surface area (Å²) >= 11 is 0. The summed E-state index contributed by atoms with van der Waals surface area (Å²) in [6, 6.07) is 4.08. The van der Waals surface area contributed by atoms with Crippen molar-refractivity contribution < 1.29 is 12.8 Å². The Hall–Kier alpha value is -1.58. The molecule has 1 rings (SSSR count). The summed E-state index contributed by atoms with van der Waals surface area (Å²) < 4.78 is 39.9. The number of anilines is 1. The number of rotatable bonds is 3. The lowest BCUT2D eigenvalue weighted by atomic mass is 10.0. The highest BCUT2D eigenvalue weighted by molar-refractivity contribution is 7.92. The van der Waals surface area contributed by atoms with E-state index in [0.29, 0.717) is 5.56 Å². The van der Waals surface area contributed by atoms with Gasteiger partial charge in [0.05, 0.1) is 18.0 Å². The molecule has 3 N–H and O–H groups in total. The second-order valence-electron chi connectivity index (χ2n) is 5.62. The average molecular weight is 298 g/mol. The van der Waals surface area contributed by atoms with E-state index in [2.05, 4.69) is 16.6 Å². The molecule has 20 heavy (non-hydrogen) atoms. The molecule has 0 radical (unpaired) electrons. The molecule has 0 saturated heterocycles. The van der Waals surface area contributed by atoms with Crippen molar-refractivity contribution in [2.75, 3.05) is 17.0 Å². The van der Waals surface area contributed by atoms with Crippen molar-refractivity contribution in [1.82, 2.24) is 0 Å². The maximum atomic E-state index is 13.8. The Morgan fingerprint density at radius 3 is 2.50 bits per heavy atom. The molecule has 0 aliphatic heterocycles. The van der Waals surface area contributed by atoms with Crippen LogP contribution in [-0.4, -0.2) is 20.7 Å². The van der Waals surface area contributed by atoms with Gasteiger partial charge in [0.1, 0.15) is 5.82 Å². The third-order valence-corrected chi connectivity index (χ3v) is 3.97. The Morgan fingerprint density at radius 1 is 1.35 bits per heavy atom. The van der Waals surface area contributed by atoms with Crippen LogP contribution in [0.3, 0.4) is 0 Å². The average Bonchev–Trinajstić information content (AvgIpc) is 2.26. The van der Waals surface area contributed by atoms with Crippen LogP contribution < -0.4 is 10.5 Å². The first kappa shape index (κ1) is 16.5. The summed E-state index contributed by atoms with van der Waals surface area (Å²) in [7, 11) is -3.59. The molecular formula is C14H19FN2O2S. The van der Waals surface area contributed by atoms with Gasteiger partial charge in [0.2, 0.25) is 10.0 Å². The zero-order chi connectivity index (χ0) is 15.4. The van der Waals surface area contributed by atoms with Crippen molar-refractivity contribution in [2.45, 2.75) is 20.8 Å². The Bertz CT molecular complexity index is 637. The lowest BCUT2D eigenvalue weighted by molar-refractivity contribution is 0.463. The van der Waals surface area contributed by atoms with E-state index in [1.54, 1.807) is 26.8 Å². The molecule has 0 heterocycles. The highest BCUT2D eigenvalue weighted by Crippen LogP contribution is 2.21. The van der Waals surface area contributed by atoms with Crippen molar-refractivity contribution in [2.24, 2.45) is 11.1 Å². The standard InChI is InChI=1S/C14H19FN2O2S/c1-14(2,3)10-20(18,19)17-13-7-6-11(5-4-8-16)9-12(13)15/h6-7,9,17H,8,10,16H2,1-3H3. The highest BCUT2D eigenvalue weighted by Gasteiger charge is 2.22. The maximum absolute atomic E-state index is 13.8. The molecule has 0 spiro atoms. The van der Waals surface area contributed by atoms with Gasteiger partial charge in [-0.15, -0.1) is 0 Å². The molecule has 0 bridgehead atoms. The third-order valence-electron chi connectivity index (χ3n) is 2.19. The largest absolute Gasteiger partial charge is 0.320 e. The van der Waals surface area contributed by atoms with Crippen LogP contribution >= 0.6 is 0 Å². The SMILES string of the molecule is CC(C)(C)CS(=O)(=O)Nc1ccc(C#CCN)cc1F. The van der Waals surface area contributed by atoms with Gasteiger partial charge >= 0.3 is 0 Å². The van der Waals surface area contributed by atoms with Crippen molar-refractivity contribution >= 4 is 15.7 Å². The van der Waals surface area contributed by atoms with E-state index in [-0.39, 0.29) is 18.0 Å². The maximum Gasteiger partial charge on any atom is 0.233 e. The zero-order valence-corrected chi connectivity index (χ0v) is 12.6. The number of halogens is 1. The molecule has 0 atom stereocenters. The van der Waals surface area contributed by atoms with Gasteiger partial charge in [0.25, 0.3) is 0 Å². The molecule has 0 aromatic heterocycles. The second-order valence-corrected chi connectivity index (χ2v) is 7.34. The predicted octanol–water partition coefficient (Wildman–Crippen LogP) is 1.92. The van der Waals surface area contributed by atoms with Gasteiger partial charge in [-0.05, 0) is 23.6 Å². The third kappa shape index (κ3) is 5.59. The fraction of sp³-hybridized carbons (Fsp3) is 0.429. The van der Waals surface area contributed by atoms with E-state index >= 15 is 0 Å². The fourth-order valence-electron chi connectivity index (χ4n) is 1.60. The van der Waals surface area contributed by atoms with Gasteiger partial charge in [-0.3, -0.25) is 4.72 Å². The van der Waals surface area contributed by atoms with Crippen LogP contribution in [0.5, 0.6) is 0 Å². The molecule has 0 fully saturated rings. The number of nitrogens with two attached hydrogens (primary N) is 1. The highest BCUT2D eigenvalue weighted by atomic mass is 32.2. The van der Waals surface area contributed by atoms with E-state index in [1.165, 1.54) is 12.1 Å². The Morgan fingerprint density at radius 2 is 2.00 bits per heavy atom. The topological polar surface area (TPSA) is 72.2 Å². The van der Waals surface area contributed by atoms with Gasteiger partial charge in [0.15, 0.2) is 0 Å². The minimum atomic E-state index is -3.59. The van der Waals surface area contributed by atoms with Crippen LogP contribution in [0.2, 0.25) is 0 Å². The van der Waals surface area contributed by atoms with Gasteiger partial charge < -0.3 is 5.73 Å². The molecule has 1 aromatic rings. The molecule has 1 aromatic carbocycles. The van der Waals surface area contributed by atoms with E-state index in [4.69, 9.17) is 5.73 Å². The summed E-state index contributed by atoms with van der Waals surface area (Å²) in [5.74, 6) is 4.53. The van der Waals surface area contributed by atoms with Crippen molar-refractivity contribution in [3.8, 4) is 11.8 Å². The van der Waals surface area contributed by atoms with Crippen molar-refractivity contribution in [1.29, 1.82) is 0 Å². The zero-order valence-electron chi connectivity index (χ0n) is 11.8. The Balaban J connectivity index is 2.94. The molecule has 0 aliphatic rings. The summed E-state index contributed by atoms with van der Waals surface area (Å²) in [4.78, 5) is 0. The lowest BCUT2D eigenvalue weighted by Crippen LogP contribution is -2.26. The number of hydrogen-bond donors (Lipinski definition) is 2. The minimum Gasteiger partial charge on any atom is -0.320 e. The van der Waals surface area contributed by atoms with Gasteiger partial charge in [0, 0.05) is 5.56 Å². The lowest BCUT2D eigenvalue weighted by Gasteiger charge is -2.19. The monoisotopic (exact) mass is 298 g/mol. The van der Waals surface area contributed by atoms with Gasteiger partial charge in [-0.2, -0.15) is 0 Å². The number of benzene rings is 1. The number of nitrogens with one attached hydrogen (secondary N) is 1. The van der Waals surface area contributed by atoms with Crippen LogP contribution in [0.1, 0.15) is 26.3 Å². The fourth-order valence-corrected chi connectivity index (χ4v) is 3.32. The second kappa shape index (κ2) is 6.25. The molecule has 0 aliphatic carbocycles. The van der Waals surface area contributed by atoms with Crippen molar-refractivity contribution in [3.05, 3.63) is 29.6 Å². The van der Waals surface area contributed by atoms with Gasteiger partial charge in [-0.25, -0.2) is 12.8 Å². The first-order valence-electron chi connectivity index (χ1n) is 6.12. The summed E-state index contributed by atoms with van der Waals surface area (Å²) in [5.41, 5.74) is 5.19. The Kier molecular flexibility index (Phi) is 5.15. The quantitative estimate of drug-likeness (QED) is 0.837. The summed E-state index contributed by atoms with van der Waals surface area (Å²) in [6.07, 6.45) is 0. The predicted molar refractivity (Wildman–Crippen MR) is 79.2 cm³/mol. The summed E-state index contributed by atoms with van der Waals surface area (Å²) in [5, 5.41) is 0. The van der Waals surface area contributed by atoms with E-state index in [9.17, 15) is 12.8 Å².